The molecule has 0 aromatic rings. The predicted octanol–water partition coefficient (Wildman–Crippen LogP) is 0.182. The molecule has 0 aromatic heterocycles. The van der Waals surface area contributed by atoms with Gasteiger partial charge in [0.15, 0.2) is 5.11 Å². The first-order valence-corrected chi connectivity index (χ1v) is 3.15. The van der Waals surface area contributed by atoms with Crippen molar-refractivity contribution in [1.29, 1.82) is 0 Å². The van der Waals surface area contributed by atoms with Crippen molar-refractivity contribution in [1.82, 2.24) is 4.90 Å². The number of likely N-dealkylation sites (tertiary alicyclic amines) is 1. The first-order chi connectivity index (χ1) is 3.70. The van der Waals surface area contributed by atoms with Crippen molar-refractivity contribution in [3.63, 3.8) is 0 Å². The summed E-state index contributed by atoms with van der Waals surface area (Å²) in [7, 11) is 0. The van der Waals surface area contributed by atoms with Crippen molar-refractivity contribution in [2.75, 3.05) is 13.1 Å². The highest BCUT2D eigenvalue weighted by molar-refractivity contribution is 7.80. The summed E-state index contributed by atoms with van der Waals surface area (Å²) >= 11 is 4.73. The normalized spacial score (nSPS) is 20.4. The van der Waals surface area contributed by atoms with Crippen LogP contribution >= 0.6 is 12.2 Å². The van der Waals surface area contributed by atoms with Crippen LogP contribution < -0.4 is 5.73 Å². The fourth-order valence-corrected chi connectivity index (χ4v) is 1.03. The van der Waals surface area contributed by atoms with E-state index in [1.807, 2.05) is 4.90 Å². The summed E-state index contributed by atoms with van der Waals surface area (Å²) in [4.78, 5) is 2.00. The van der Waals surface area contributed by atoms with E-state index in [-0.39, 0.29) is 0 Å². The zero-order valence-corrected chi connectivity index (χ0v) is 5.74. The van der Waals surface area contributed by atoms with Crippen LogP contribution in [0.1, 0.15) is 6.92 Å². The van der Waals surface area contributed by atoms with Crippen molar-refractivity contribution < 1.29 is 0 Å². The van der Waals surface area contributed by atoms with Gasteiger partial charge in [-0.05, 0) is 18.1 Å². The van der Waals surface area contributed by atoms with Gasteiger partial charge in [0.05, 0.1) is 0 Å². The standard InChI is InChI=1S/C5H10N2S/c1-4-2-7(3-4)5(6)8/h4H,2-3H2,1H3,(H2,6,8). The summed E-state index contributed by atoms with van der Waals surface area (Å²) in [6.45, 7) is 4.29. The van der Waals surface area contributed by atoms with Gasteiger partial charge in [-0.25, -0.2) is 0 Å². The minimum Gasteiger partial charge on any atom is -0.376 e. The summed E-state index contributed by atoms with van der Waals surface area (Å²) in [6, 6.07) is 0. The van der Waals surface area contributed by atoms with E-state index >= 15 is 0 Å². The van der Waals surface area contributed by atoms with Crippen LogP contribution in [0.15, 0.2) is 0 Å². The zero-order valence-electron chi connectivity index (χ0n) is 4.92. The Kier molecular flexibility index (Phi) is 1.38. The van der Waals surface area contributed by atoms with Gasteiger partial charge in [-0.15, -0.1) is 0 Å². The molecule has 0 atom stereocenters. The highest BCUT2D eigenvalue weighted by Gasteiger charge is 2.22. The summed E-state index contributed by atoms with van der Waals surface area (Å²) in [5.41, 5.74) is 5.32. The SMILES string of the molecule is CC1CN(C(N)=S)C1. The highest BCUT2D eigenvalue weighted by atomic mass is 32.1. The maximum atomic E-state index is 5.32. The average molecular weight is 130 g/mol. The van der Waals surface area contributed by atoms with E-state index in [1.54, 1.807) is 0 Å². The molecule has 1 saturated heterocycles. The van der Waals surface area contributed by atoms with Crippen LogP contribution in [0.4, 0.5) is 0 Å². The maximum Gasteiger partial charge on any atom is 0.166 e. The van der Waals surface area contributed by atoms with Gasteiger partial charge in [0, 0.05) is 13.1 Å². The molecule has 46 valence electrons. The monoisotopic (exact) mass is 130 g/mol. The number of nitrogens with two attached hydrogens (primary N) is 1. The van der Waals surface area contributed by atoms with Crippen LogP contribution in [-0.2, 0) is 0 Å². The molecule has 0 spiro atoms. The molecule has 3 heteroatoms. The second kappa shape index (κ2) is 1.90. The van der Waals surface area contributed by atoms with Gasteiger partial charge in [-0.2, -0.15) is 0 Å². The van der Waals surface area contributed by atoms with E-state index in [1.165, 1.54) is 0 Å². The number of hydrogen-bond acceptors (Lipinski definition) is 1. The third-order valence-corrected chi connectivity index (χ3v) is 1.63. The topological polar surface area (TPSA) is 29.3 Å². The van der Waals surface area contributed by atoms with Gasteiger partial charge in [-0.1, -0.05) is 6.92 Å². The quantitative estimate of drug-likeness (QED) is 0.474. The first kappa shape index (κ1) is 5.82. The van der Waals surface area contributed by atoms with Crippen LogP contribution in [0.25, 0.3) is 0 Å². The molecule has 0 aliphatic carbocycles. The van der Waals surface area contributed by atoms with Gasteiger partial charge in [0.1, 0.15) is 0 Å². The van der Waals surface area contributed by atoms with Crippen molar-refractivity contribution in [3.8, 4) is 0 Å². The fraction of sp³-hybridized carbons (Fsp3) is 0.800. The first-order valence-electron chi connectivity index (χ1n) is 2.74. The minimum absolute atomic E-state index is 0.545. The molecular weight excluding hydrogens is 120 g/mol. The van der Waals surface area contributed by atoms with E-state index < -0.39 is 0 Å². The molecular formula is C5H10N2S. The van der Waals surface area contributed by atoms with E-state index in [0.717, 1.165) is 19.0 Å². The van der Waals surface area contributed by atoms with Crippen LogP contribution in [0.3, 0.4) is 0 Å². The van der Waals surface area contributed by atoms with Gasteiger partial charge >= 0.3 is 0 Å². The maximum absolute atomic E-state index is 5.32. The third-order valence-electron chi connectivity index (χ3n) is 1.38. The lowest BCUT2D eigenvalue weighted by Crippen LogP contribution is -2.50. The summed E-state index contributed by atoms with van der Waals surface area (Å²) in [5.74, 6) is 0.788. The molecule has 1 aliphatic rings. The molecule has 2 N–H and O–H groups in total. The molecule has 0 bridgehead atoms. The van der Waals surface area contributed by atoms with Gasteiger partial charge in [-0.3, -0.25) is 0 Å². The molecule has 2 nitrogen and oxygen atoms in total. The van der Waals surface area contributed by atoms with Crippen LogP contribution in [0, 0.1) is 5.92 Å². The molecule has 0 unspecified atom stereocenters. The molecule has 0 radical (unpaired) electrons. The molecule has 8 heavy (non-hydrogen) atoms. The molecule has 0 aromatic carbocycles. The largest absolute Gasteiger partial charge is 0.376 e. The predicted molar refractivity (Wildman–Crippen MR) is 37.5 cm³/mol. The molecule has 0 amide bonds. The van der Waals surface area contributed by atoms with Crippen LogP contribution in [0.2, 0.25) is 0 Å². The number of rotatable bonds is 0. The minimum atomic E-state index is 0.545. The lowest BCUT2D eigenvalue weighted by molar-refractivity contribution is 0.207. The number of hydrogen-bond donors (Lipinski definition) is 1. The van der Waals surface area contributed by atoms with Gasteiger partial charge in [0.2, 0.25) is 0 Å². The molecule has 1 rings (SSSR count). The Hall–Kier alpha value is -0.310. The summed E-state index contributed by atoms with van der Waals surface area (Å²) in [6.07, 6.45) is 0. The molecule has 0 saturated carbocycles. The lowest BCUT2D eigenvalue weighted by Gasteiger charge is -2.37. The second-order valence-electron chi connectivity index (χ2n) is 2.35. The average Bonchev–Trinajstić information content (AvgIpc) is 1.57. The van der Waals surface area contributed by atoms with Crippen molar-refractivity contribution in [3.05, 3.63) is 0 Å². The summed E-state index contributed by atoms with van der Waals surface area (Å²) < 4.78 is 0. The van der Waals surface area contributed by atoms with Crippen molar-refractivity contribution >= 4 is 17.3 Å². The van der Waals surface area contributed by atoms with Gasteiger partial charge < -0.3 is 10.6 Å². The third kappa shape index (κ3) is 0.916. The van der Waals surface area contributed by atoms with Crippen molar-refractivity contribution in [2.24, 2.45) is 11.7 Å². The van der Waals surface area contributed by atoms with E-state index in [2.05, 4.69) is 6.92 Å². The Bertz CT molecular complexity index is 107. The smallest absolute Gasteiger partial charge is 0.166 e. The Morgan fingerprint density at radius 3 is 2.38 bits per heavy atom. The van der Waals surface area contributed by atoms with E-state index in [4.69, 9.17) is 18.0 Å². The number of thiocarbonyl (C=S) groups is 1. The van der Waals surface area contributed by atoms with Crippen LogP contribution in [-0.4, -0.2) is 23.1 Å². The van der Waals surface area contributed by atoms with E-state index in [0.29, 0.717) is 5.11 Å². The molecule has 1 fully saturated rings. The summed E-state index contributed by atoms with van der Waals surface area (Å²) in [5, 5.41) is 0.545. The lowest BCUT2D eigenvalue weighted by atomic mass is 10.0. The Morgan fingerprint density at radius 2 is 2.25 bits per heavy atom. The number of nitrogens with zero attached hydrogens (tertiary/aromatic N) is 1. The molecule has 1 heterocycles. The van der Waals surface area contributed by atoms with Crippen LogP contribution in [0.5, 0.6) is 0 Å². The zero-order chi connectivity index (χ0) is 6.15. The van der Waals surface area contributed by atoms with Crippen molar-refractivity contribution in [2.45, 2.75) is 6.92 Å². The highest BCUT2D eigenvalue weighted by Crippen LogP contribution is 2.12. The Balaban J connectivity index is 2.25. The molecule has 1 aliphatic heterocycles. The van der Waals surface area contributed by atoms with E-state index in [9.17, 15) is 0 Å². The Morgan fingerprint density at radius 1 is 1.75 bits per heavy atom. The van der Waals surface area contributed by atoms with Gasteiger partial charge in [0.25, 0.3) is 0 Å². The fourth-order valence-electron chi connectivity index (χ4n) is 0.879. The second-order valence-corrected chi connectivity index (χ2v) is 2.77. The Labute approximate surface area is 54.7 Å².